The Morgan fingerprint density at radius 2 is 1.84 bits per heavy atom. The second kappa shape index (κ2) is 7.51. The minimum atomic E-state index is -0.380. The van der Waals surface area contributed by atoms with Crippen molar-refractivity contribution >= 4 is 34.8 Å². The van der Waals surface area contributed by atoms with Crippen LogP contribution in [0.5, 0.6) is 0 Å². The van der Waals surface area contributed by atoms with Gasteiger partial charge in [-0.2, -0.15) is 10.2 Å². The number of hydrazone groups is 1. The molecule has 0 fully saturated rings. The van der Waals surface area contributed by atoms with Crippen molar-refractivity contribution in [1.29, 1.82) is 0 Å². The molecule has 0 spiro atoms. The number of halogens is 2. The third-order valence-corrected chi connectivity index (χ3v) is 4.29. The fraction of sp³-hybridized carbons (Fsp3) is 0.0556. The zero-order chi connectivity index (χ0) is 17.8. The summed E-state index contributed by atoms with van der Waals surface area (Å²) in [6.45, 7) is 1.82. The summed E-state index contributed by atoms with van der Waals surface area (Å²) in [6, 6.07) is 16.4. The van der Waals surface area contributed by atoms with Crippen LogP contribution in [0.15, 0.2) is 59.7 Å². The fourth-order valence-corrected chi connectivity index (χ4v) is 2.48. The summed E-state index contributed by atoms with van der Waals surface area (Å²) in [6.07, 6.45) is 0. The van der Waals surface area contributed by atoms with E-state index in [4.69, 9.17) is 23.2 Å². The summed E-state index contributed by atoms with van der Waals surface area (Å²) in [7, 11) is 0. The molecule has 3 aromatic rings. The number of hydrogen-bond donors (Lipinski definition) is 2. The number of rotatable bonds is 4. The number of hydrogen-bond acceptors (Lipinski definition) is 3. The summed E-state index contributed by atoms with van der Waals surface area (Å²) in [5, 5.41) is 11.8. The Balaban J connectivity index is 1.73. The molecule has 0 atom stereocenters. The molecule has 0 saturated heterocycles. The van der Waals surface area contributed by atoms with E-state index in [1.54, 1.807) is 24.3 Å². The molecule has 1 heterocycles. The molecule has 2 N–H and O–H groups in total. The topological polar surface area (TPSA) is 70.1 Å². The van der Waals surface area contributed by atoms with Crippen LogP contribution >= 0.6 is 23.2 Å². The van der Waals surface area contributed by atoms with Gasteiger partial charge in [-0.05, 0) is 30.7 Å². The molecule has 126 valence electrons. The van der Waals surface area contributed by atoms with Gasteiger partial charge in [0.15, 0.2) is 0 Å². The van der Waals surface area contributed by atoms with Gasteiger partial charge in [-0.1, -0.05) is 59.6 Å². The largest absolute Gasteiger partial charge is 0.289 e. The Morgan fingerprint density at radius 3 is 2.56 bits per heavy atom. The highest BCUT2D eigenvalue weighted by atomic mass is 35.5. The number of aromatic nitrogens is 2. The van der Waals surface area contributed by atoms with E-state index < -0.39 is 0 Å². The molecule has 5 nitrogen and oxygen atoms in total. The van der Waals surface area contributed by atoms with Crippen LogP contribution in [0.4, 0.5) is 0 Å². The highest BCUT2D eigenvalue weighted by Crippen LogP contribution is 2.27. The average molecular weight is 373 g/mol. The van der Waals surface area contributed by atoms with Crippen LogP contribution in [0.3, 0.4) is 0 Å². The van der Waals surface area contributed by atoms with E-state index in [-0.39, 0.29) is 5.91 Å². The number of benzene rings is 2. The van der Waals surface area contributed by atoms with Crippen molar-refractivity contribution in [3.63, 3.8) is 0 Å². The Labute approximate surface area is 154 Å². The maximum absolute atomic E-state index is 12.2. The lowest BCUT2D eigenvalue weighted by Gasteiger charge is -2.01. The number of aromatic amines is 1. The maximum Gasteiger partial charge on any atom is 0.289 e. The van der Waals surface area contributed by atoms with Gasteiger partial charge < -0.3 is 0 Å². The summed E-state index contributed by atoms with van der Waals surface area (Å²) < 4.78 is 0. The van der Waals surface area contributed by atoms with Crippen LogP contribution in [0.1, 0.15) is 23.0 Å². The predicted octanol–water partition coefficient (Wildman–Crippen LogP) is 4.54. The minimum absolute atomic E-state index is 0.297. The molecule has 1 aromatic heterocycles. The van der Waals surface area contributed by atoms with E-state index in [1.807, 2.05) is 37.3 Å². The number of carbonyl (C=O) groups excluding carboxylic acids is 1. The SMILES string of the molecule is C/C(=N\NC(=O)c1cc(-c2ccc(Cl)c(Cl)c2)n[nH]1)c1ccccc1. The van der Waals surface area contributed by atoms with Gasteiger partial charge in [0.05, 0.1) is 21.5 Å². The van der Waals surface area contributed by atoms with E-state index in [9.17, 15) is 4.79 Å². The number of nitrogens with one attached hydrogen (secondary N) is 2. The van der Waals surface area contributed by atoms with E-state index in [0.717, 1.165) is 11.1 Å². The van der Waals surface area contributed by atoms with Crippen LogP contribution in [0, 0.1) is 0 Å². The minimum Gasteiger partial charge on any atom is -0.272 e. The number of carbonyl (C=O) groups is 1. The second-order valence-electron chi connectivity index (χ2n) is 5.30. The summed E-state index contributed by atoms with van der Waals surface area (Å²) in [4.78, 5) is 12.2. The first-order chi connectivity index (χ1) is 12.0. The molecule has 0 aliphatic carbocycles. The summed E-state index contributed by atoms with van der Waals surface area (Å²) in [5.74, 6) is -0.380. The van der Waals surface area contributed by atoms with Crippen molar-refractivity contribution in [2.45, 2.75) is 6.92 Å². The van der Waals surface area contributed by atoms with Crippen LogP contribution < -0.4 is 5.43 Å². The molecular formula is C18H14Cl2N4O. The molecule has 25 heavy (non-hydrogen) atoms. The molecule has 0 aliphatic rings. The van der Waals surface area contributed by atoms with E-state index >= 15 is 0 Å². The Morgan fingerprint density at radius 1 is 1.08 bits per heavy atom. The lowest BCUT2D eigenvalue weighted by Crippen LogP contribution is -2.19. The highest BCUT2D eigenvalue weighted by molar-refractivity contribution is 6.42. The smallest absolute Gasteiger partial charge is 0.272 e. The fourth-order valence-electron chi connectivity index (χ4n) is 2.18. The normalized spacial score (nSPS) is 11.4. The Bertz CT molecular complexity index is 935. The molecule has 0 saturated carbocycles. The Kier molecular flexibility index (Phi) is 5.16. The van der Waals surface area contributed by atoms with Gasteiger partial charge in [0.2, 0.25) is 0 Å². The van der Waals surface area contributed by atoms with Crippen molar-refractivity contribution in [1.82, 2.24) is 15.6 Å². The predicted molar refractivity (Wildman–Crippen MR) is 100 cm³/mol. The first-order valence-electron chi connectivity index (χ1n) is 7.45. The van der Waals surface area contributed by atoms with Crippen molar-refractivity contribution in [2.24, 2.45) is 5.10 Å². The van der Waals surface area contributed by atoms with Crippen molar-refractivity contribution in [3.05, 3.63) is 75.9 Å². The van der Waals surface area contributed by atoms with Gasteiger partial charge in [-0.15, -0.1) is 0 Å². The quantitative estimate of drug-likeness (QED) is 0.521. The van der Waals surface area contributed by atoms with Crippen molar-refractivity contribution in [3.8, 4) is 11.3 Å². The van der Waals surface area contributed by atoms with Crippen LogP contribution in [0.2, 0.25) is 10.0 Å². The number of H-pyrrole nitrogens is 1. The summed E-state index contributed by atoms with van der Waals surface area (Å²) in [5.41, 5.74) is 5.80. The first-order valence-corrected chi connectivity index (χ1v) is 8.21. The lowest BCUT2D eigenvalue weighted by molar-refractivity contribution is 0.0950. The van der Waals surface area contributed by atoms with Crippen LogP contribution in [-0.4, -0.2) is 21.8 Å². The highest BCUT2D eigenvalue weighted by Gasteiger charge is 2.11. The molecule has 0 radical (unpaired) electrons. The number of nitrogens with zero attached hydrogens (tertiary/aromatic N) is 2. The monoisotopic (exact) mass is 372 g/mol. The second-order valence-corrected chi connectivity index (χ2v) is 6.11. The van der Waals surface area contributed by atoms with Gasteiger partial charge >= 0.3 is 0 Å². The van der Waals surface area contributed by atoms with Gasteiger partial charge in [0.1, 0.15) is 5.69 Å². The average Bonchev–Trinajstić information content (AvgIpc) is 3.12. The summed E-state index contributed by atoms with van der Waals surface area (Å²) >= 11 is 11.9. The van der Waals surface area contributed by atoms with E-state index in [0.29, 0.717) is 27.1 Å². The third-order valence-electron chi connectivity index (χ3n) is 3.55. The standard InChI is InChI=1S/C18H14Cl2N4O/c1-11(12-5-3-2-4-6-12)21-24-18(25)17-10-16(22-23-17)13-7-8-14(19)15(20)9-13/h2-10H,1H3,(H,22,23)(H,24,25)/b21-11+. The van der Waals surface area contributed by atoms with Crippen LogP contribution in [-0.2, 0) is 0 Å². The number of amides is 1. The van der Waals surface area contributed by atoms with Gasteiger partial charge in [-0.3, -0.25) is 9.89 Å². The maximum atomic E-state index is 12.2. The molecule has 3 rings (SSSR count). The molecule has 0 unspecified atom stereocenters. The van der Waals surface area contributed by atoms with Gasteiger partial charge in [0, 0.05) is 5.56 Å². The molecule has 7 heteroatoms. The van der Waals surface area contributed by atoms with Gasteiger partial charge in [-0.25, -0.2) is 5.43 Å². The third kappa shape index (κ3) is 4.07. The Hall–Kier alpha value is -2.63. The van der Waals surface area contributed by atoms with Crippen molar-refractivity contribution in [2.75, 3.05) is 0 Å². The van der Waals surface area contributed by atoms with Crippen LogP contribution in [0.25, 0.3) is 11.3 Å². The zero-order valence-corrected chi connectivity index (χ0v) is 14.8. The molecule has 0 bridgehead atoms. The molecule has 0 aliphatic heterocycles. The molecule has 1 amide bonds. The van der Waals surface area contributed by atoms with Crippen molar-refractivity contribution < 1.29 is 4.79 Å². The van der Waals surface area contributed by atoms with E-state index in [1.165, 1.54) is 0 Å². The first kappa shape index (κ1) is 17.2. The zero-order valence-electron chi connectivity index (χ0n) is 13.3. The van der Waals surface area contributed by atoms with Gasteiger partial charge in [0.25, 0.3) is 5.91 Å². The molecular weight excluding hydrogens is 359 g/mol. The lowest BCUT2D eigenvalue weighted by atomic mass is 10.1. The van der Waals surface area contributed by atoms with E-state index in [2.05, 4.69) is 20.7 Å². The molecule has 2 aromatic carbocycles.